The molecule has 0 aliphatic heterocycles. The lowest BCUT2D eigenvalue weighted by Gasteiger charge is -2.09. The summed E-state index contributed by atoms with van der Waals surface area (Å²) >= 11 is 5.91. The normalized spacial score (nSPS) is 11.1. The number of phenolic OH excluding ortho intramolecular Hbond substituents is 1. The Morgan fingerprint density at radius 3 is 2.86 bits per heavy atom. The van der Waals surface area contributed by atoms with Crippen LogP contribution in [0.3, 0.4) is 0 Å². The number of carbonyl (C=O) groups excluding carboxylic acids is 1. The molecule has 0 atom stereocenters. The van der Waals surface area contributed by atoms with Gasteiger partial charge >= 0.3 is 0 Å². The van der Waals surface area contributed by atoms with Crippen LogP contribution in [-0.4, -0.2) is 23.8 Å². The van der Waals surface area contributed by atoms with E-state index < -0.39 is 0 Å². The summed E-state index contributed by atoms with van der Waals surface area (Å²) < 4.78 is 5.66. The molecule has 0 fully saturated rings. The van der Waals surface area contributed by atoms with E-state index in [2.05, 4.69) is 10.5 Å². The molecule has 0 spiro atoms. The van der Waals surface area contributed by atoms with Crippen molar-refractivity contribution in [2.45, 2.75) is 19.8 Å². The third kappa shape index (κ3) is 5.02. The molecular formula is C22H21ClN2O3. The highest BCUT2D eigenvalue weighted by Crippen LogP contribution is 2.27. The molecule has 28 heavy (non-hydrogen) atoms. The van der Waals surface area contributed by atoms with Crippen molar-refractivity contribution in [3.8, 4) is 11.5 Å². The average molecular weight is 397 g/mol. The largest absolute Gasteiger partial charge is 0.507 e. The van der Waals surface area contributed by atoms with E-state index in [1.54, 1.807) is 12.1 Å². The summed E-state index contributed by atoms with van der Waals surface area (Å²) in [5, 5.41) is 16.6. The van der Waals surface area contributed by atoms with E-state index in [0.717, 1.165) is 22.1 Å². The molecule has 0 saturated heterocycles. The second-order valence-corrected chi connectivity index (χ2v) is 6.82. The number of phenols is 1. The standard InChI is InChI=1S/C22H21ClN2O3/c1-15-13-18(23)10-11-20(15)28-12-4-7-21(26)25-24-14-17-9-8-16-5-2-3-6-19(16)22(17)27/h2-3,5-6,8-11,13-14,27H,4,7,12H2,1H3,(H,25,26). The van der Waals surface area contributed by atoms with Gasteiger partial charge in [-0.15, -0.1) is 0 Å². The Balaban J connectivity index is 1.46. The van der Waals surface area contributed by atoms with Crippen molar-refractivity contribution in [2.24, 2.45) is 5.10 Å². The summed E-state index contributed by atoms with van der Waals surface area (Å²) in [6.45, 7) is 2.34. The molecule has 144 valence electrons. The Morgan fingerprint density at radius 1 is 1.21 bits per heavy atom. The van der Waals surface area contributed by atoms with Gasteiger partial charge in [0, 0.05) is 22.4 Å². The van der Waals surface area contributed by atoms with Gasteiger partial charge in [0.2, 0.25) is 5.91 Å². The lowest BCUT2D eigenvalue weighted by atomic mass is 10.1. The van der Waals surface area contributed by atoms with E-state index in [9.17, 15) is 9.90 Å². The van der Waals surface area contributed by atoms with Crippen molar-refractivity contribution in [2.75, 3.05) is 6.61 Å². The minimum Gasteiger partial charge on any atom is -0.507 e. The molecule has 0 heterocycles. The van der Waals surface area contributed by atoms with Crippen LogP contribution in [0.25, 0.3) is 10.8 Å². The van der Waals surface area contributed by atoms with E-state index in [1.165, 1.54) is 6.21 Å². The maximum Gasteiger partial charge on any atom is 0.240 e. The minimum atomic E-state index is -0.215. The number of benzene rings is 3. The van der Waals surface area contributed by atoms with Crippen LogP contribution >= 0.6 is 11.6 Å². The Kier molecular flexibility index (Phi) is 6.50. The summed E-state index contributed by atoms with van der Waals surface area (Å²) in [5.74, 6) is 0.686. The highest BCUT2D eigenvalue weighted by atomic mass is 35.5. The molecule has 2 N–H and O–H groups in total. The van der Waals surface area contributed by atoms with Crippen LogP contribution < -0.4 is 10.2 Å². The molecule has 3 aromatic carbocycles. The van der Waals surface area contributed by atoms with Crippen molar-refractivity contribution < 1.29 is 14.6 Å². The lowest BCUT2D eigenvalue weighted by Crippen LogP contribution is -2.18. The third-order valence-electron chi connectivity index (χ3n) is 4.27. The highest BCUT2D eigenvalue weighted by Gasteiger charge is 2.05. The predicted molar refractivity (Wildman–Crippen MR) is 112 cm³/mol. The second kappa shape index (κ2) is 9.24. The van der Waals surface area contributed by atoms with Crippen LogP contribution in [0, 0.1) is 6.92 Å². The van der Waals surface area contributed by atoms with Gasteiger partial charge in [-0.25, -0.2) is 5.43 Å². The number of halogens is 1. The molecule has 6 heteroatoms. The number of hydrogen-bond donors (Lipinski definition) is 2. The molecule has 5 nitrogen and oxygen atoms in total. The van der Waals surface area contributed by atoms with Crippen LogP contribution in [0.1, 0.15) is 24.0 Å². The van der Waals surface area contributed by atoms with Crippen molar-refractivity contribution in [3.63, 3.8) is 0 Å². The number of carbonyl (C=O) groups is 1. The number of aryl methyl sites for hydroxylation is 1. The Hall–Kier alpha value is -3.05. The number of hydrazone groups is 1. The fourth-order valence-corrected chi connectivity index (χ4v) is 3.02. The molecule has 3 aromatic rings. The maximum absolute atomic E-state index is 11.9. The van der Waals surface area contributed by atoms with E-state index >= 15 is 0 Å². The lowest BCUT2D eigenvalue weighted by molar-refractivity contribution is -0.121. The SMILES string of the molecule is Cc1cc(Cl)ccc1OCCCC(=O)NN=Cc1ccc2ccccc2c1O. The smallest absolute Gasteiger partial charge is 0.240 e. The van der Waals surface area contributed by atoms with Crippen LogP contribution in [0.2, 0.25) is 5.02 Å². The first-order chi connectivity index (χ1) is 13.5. The van der Waals surface area contributed by atoms with Crippen molar-refractivity contribution in [3.05, 3.63) is 70.7 Å². The van der Waals surface area contributed by atoms with E-state index in [-0.39, 0.29) is 18.1 Å². The minimum absolute atomic E-state index is 0.142. The quantitative estimate of drug-likeness (QED) is 0.342. The number of nitrogens with one attached hydrogen (secondary N) is 1. The number of nitrogens with zero attached hydrogens (tertiary/aromatic N) is 1. The summed E-state index contributed by atoms with van der Waals surface area (Å²) in [6.07, 6.45) is 2.28. The molecule has 0 unspecified atom stereocenters. The van der Waals surface area contributed by atoms with E-state index in [0.29, 0.717) is 23.6 Å². The van der Waals surface area contributed by atoms with Crippen molar-refractivity contribution >= 4 is 34.5 Å². The zero-order valence-corrected chi connectivity index (χ0v) is 16.2. The van der Waals surface area contributed by atoms with E-state index in [1.807, 2.05) is 49.4 Å². The summed E-state index contributed by atoms with van der Waals surface area (Å²) in [6, 6.07) is 16.6. The first-order valence-corrected chi connectivity index (χ1v) is 9.34. The fourth-order valence-electron chi connectivity index (χ4n) is 2.80. The predicted octanol–water partition coefficient (Wildman–Crippen LogP) is 4.82. The molecule has 0 bridgehead atoms. The van der Waals surface area contributed by atoms with Gasteiger partial charge in [-0.1, -0.05) is 41.9 Å². The monoisotopic (exact) mass is 396 g/mol. The molecule has 0 aliphatic carbocycles. The number of amides is 1. The number of rotatable bonds is 7. The summed E-state index contributed by atoms with van der Waals surface area (Å²) in [4.78, 5) is 11.9. The molecule has 0 aromatic heterocycles. The Bertz CT molecular complexity index is 1020. The van der Waals surface area contributed by atoms with Crippen LogP contribution in [-0.2, 0) is 4.79 Å². The van der Waals surface area contributed by atoms with E-state index in [4.69, 9.17) is 16.3 Å². The van der Waals surface area contributed by atoms with Gasteiger partial charge in [0.25, 0.3) is 0 Å². The zero-order chi connectivity index (χ0) is 19.9. The number of hydrogen-bond acceptors (Lipinski definition) is 4. The first-order valence-electron chi connectivity index (χ1n) is 8.96. The van der Waals surface area contributed by atoms with Gasteiger partial charge < -0.3 is 9.84 Å². The Morgan fingerprint density at radius 2 is 2.04 bits per heavy atom. The van der Waals surface area contributed by atoms with Crippen molar-refractivity contribution in [1.29, 1.82) is 0 Å². The number of ether oxygens (including phenoxy) is 1. The molecule has 0 radical (unpaired) electrons. The van der Waals surface area contributed by atoms with Crippen LogP contribution in [0.15, 0.2) is 59.7 Å². The fraction of sp³-hybridized carbons (Fsp3) is 0.182. The van der Waals surface area contributed by atoms with Gasteiger partial charge in [0.1, 0.15) is 11.5 Å². The summed E-state index contributed by atoms with van der Waals surface area (Å²) in [7, 11) is 0. The summed E-state index contributed by atoms with van der Waals surface area (Å²) in [5.41, 5.74) is 3.97. The molecule has 1 amide bonds. The third-order valence-corrected chi connectivity index (χ3v) is 4.50. The Labute approximate surface area is 168 Å². The topological polar surface area (TPSA) is 70.9 Å². The highest BCUT2D eigenvalue weighted by molar-refractivity contribution is 6.30. The molecule has 0 aliphatic rings. The number of aromatic hydroxyl groups is 1. The van der Waals surface area contributed by atoms with Gasteiger partial charge in [0.15, 0.2) is 0 Å². The maximum atomic E-state index is 11.9. The zero-order valence-electron chi connectivity index (χ0n) is 15.5. The van der Waals surface area contributed by atoms with Crippen LogP contribution in [0.5, 0.6) is 11.5 Å². The molecular weight excluding hydrogens is 376 g/mol. The van der Waals surface area contributed by atoms with Gasteiger partial charge in [-0.05, 0) is 48.6 Å². The van der Waals surface area contributed by atoms with Gasteiger partial charge in [-0.2, -0.15) is 5.10 Å². The molecule has 0 saturated carbocycles. The first kappa shape index (κ1) is 19.7. The van der Waals surface area contributed by atoms with Gasteiger partial charge in [0.05, 0.1) is 12.8 Å². The average Bonchev–Trinajstić information content (AvgIpc) is 2.68. The number of fused-ring (bicyclic) bond motifs is 1. The molecule has 3 rings (SSSR count). The second-order valence-electron chi connectivity index (χ2n) is 6.38. The van der Waals surface area contributed by atoms with Crippen molar-refractivity contribution in [1.82, 2.24) is 5.43 Å². The van der Waals surface area contributed by atoms with Crippen LogP contribution in [0.4, 0.5) is 0 Å². The van der Waals surface area contributed by atoms with Gasteiger partial charge in [-0.3, -0.25) is 4.79 Å².